The molecule has 1 aromatic heterocycles. The fraction of sp³-hybridized carbons (Fsp3) is 0.412. The summed E-state index contributed by atoms with van der Waals surface area (Å²) in [7, 11) is 0. The minimum Gasteiger partial charge on any atom is -0.508 e. The van der Waals surface area contributed by atoms with Gasteiger partial charge in [-0.3, -0.25) is 0 Å². The van der Waals surface area contributed by atoms with E-state index in [-0.39, 0.29) is 6.04 Å². The zero-order valence-corrected chi connectivity index (χ0v) is 13.0. The van der Waals surface area contributed by atoms with Crippen LogP contribution in [0.1, 0.15) is 42.0 Å². The van der Waals surface area contributed by atoms with Crippen LogP contribution in [-0.4, -0.2) is 21.7 Å². The molecule has 116 valence electrons. The smallest absolute Gasteiger partial charge is 0.156 e. The Kier molecular flexibility index (Phi) is 4.24. The zero-order chi connectivity index (χ0) is 15.5. The maximum atomic E-state index is 9.93. The van der Waals surface area contributed by atoms with Gasteiger partial charge in [-0.25, -0.2) is 9.97 Å². The summed E-state index contributed by atoms with van der Waals surface area (Å²) in [5.74, 6) is 1.89. The minimum atomic E-state index is 0.177. The lowest BCUT2D eigenvalue weighted by molar-refractivity contribution is 0.128. The normalized spacial score (nSPS) is 16.5. The first-order chi connectivity index (χ1) is 10.7. The summed E-state index contributed by atoms with van der Waals surface area (Å²) in [6, 6.07) is 7.82. The second kappa shape index (κ2) is 6.32. The van der Waals surface area contributed by atoms with Crippen molar-refractivity contribution in [2.75, 3.05) is 11.9 Å². The van der Waals surface area contributed by atoms with Gasteiger partial charge < -0.3 is 15.2 Å². The molecule has 2 aromatic rings. The molecular weight excluding hydrogens is 278 g/mol. The van der Waals surface area contributed by atoms with Crippen molar-refractivity contribution in [1.29, 1.82) is 0 Å². The fourth-order valence-electron chi connectivity index (χ4n) is 2.93. The van der Waals surface area contributed by atoms with Crippen LogP contribution in [0.3, 0.4) is 0 Å². The highest BCUT2D eigenvalue weighted by atomic mass is 16.5. The topological polar surface area (TPSA) is 67.3 Å². The molecule has 1 aliphatic rings. The van der Waals surface area contributed by atoms with E-state index < -0.39 is 0 Å². The standard InChI is InChI=1S/C17H21N3O2/c1-3-22-10-17-18-11(2)9-16(20-17)19-14-8-7-13-12(14)5-4-6-15(13)21/h4-6,9,14,21H,3,7-8,10H2,1-2H3,(H,18,19,20). The molecule has 0 saturated heterocycles. The van der Waals surface area contributed by atoms with Crippen molar-refractivity contribution < 1.29 is 9.84 Å². The predicted molar refractivity (Wildman–Crippen MR) is 84.9 cm³/mol. The van der Waals surface area contributed by atoms with Gasteiger partial charge in [0.15, 0.2) is 5.82 Å². The van der Waals surface area contributed by atoms with Crippen molar-refractivity contribution in [3.05, 3.63) is 46.9 Å². The number of aromatic hydroxyl groups is 1. The van der Waals surface area contributed by atoms with Crippen LogP contribution >= 0.6 is 0 Å². The highest BCUT2D eigenvalue weighted by Gasteiger charge is 2.24. The molecule has 2 N–H and O–H groups in total. The van der Waals surface area contributed by atoms with E-state index in [2.05, 4.69) is 21.4 Å². The van der Waals surface area contributed by atoms with E-state index in [0.29, 0.717) is 24.8 Å². The molecule has 0 radical (unpaired) electrons. The van der Waals surface area contributed by atoms with E-state index in [1.54, 1.807) is 6.07 Å². The van der Waals surface area contributed by atoms with Crippen LogP contribution in [0.25, 0.3) is 0 Å². The summed E-state index contributed by atoms with van der Waals surface area (Å²) in [4.78, 5) is 8.91. The molecule has 0 aliphatic heterocycles. The molecule has 0 saturated carbocycles. The molecule has 3 rings (SSSR count). The molecule has 1 aliphatic carbocycles. The number of fused-ring (bicyclic) bond motifs is 1. The van der Waals surface area contributed by atoms with Gasteiger partial charge in [-0.1, -0.05) is 12.1 Å². The lowest BCUT2D eigenvalue weighted by atomic mass is 10.1. The zero-order valence-electron chi connectivity index (χ0n) is 13.0. The molecule has 0 bridgehead atoms. The highest BCUT2D eigenvalue weighted by Crippen LogP contribution is 2.37. The average molecular weight is 299 g/mol. The van der Waals surface area contributed by atoms with E-state index in [9.17, 15) is 5.11 Å². The number of phenolic OH excluding ortho intramolecular Hbond substituents is 1. The van der Waals surface area contributed by atoms with Gasteiger partial charge in [-0.2, -0.15) is 0 Å². The Bertz CT molecular complexity index is 673. The third-order valence-electron chi connectivity index (χ3n) is 3.90. The third-order valence-corrected chi connectivity index (χ3v) is 3.90. The van der Waals surface area contributed by atoms with E-state index in [4.69, 9.17) is 4.74 Å². The van der Waals surface area contributed by atoms with Crippen LogP contribution in [0.15, 0.2) is 24.3 Å². The van der Waals surface area contributed by atoms with Gasteiger partial charge in [-0.15, -0.1) is 0 Å². The second-order valence-electron chi connectivity index (χ2n) is 5.53. The summed E-state index contributed by atoms with van der Waals surface area (Å²) in [6.45, 7) is 4.98. The number of phenols is 1. The lowest BCUT2D eigenvalue weighted by Crippen LogP contribution is -2.11. The van der Waals surface area contributed by atoms with Crippen LogP contribution < -0.4 is 5.32 Å². The van der Waals surface area contributed by atoms with Gasteiger partial charge in [0.2, 0.25) is 0 Å². The molecule has 1 heterocycles. The Hall–Kier alpha value is -2.14. The monoisotopic (exact) mass is 299 g/mol. The van der Waals surface area contributed by atoms with Crippen LogP contribution in [0.5, 0.6) is 5.75 Å². The van der Waals surface area contributed by atoms with E-state index in [1.807, 2.05) is 26.0 Å². The van der Waals surface area contributed by atoms with Crippen LogP contribution in [0.2, 0.25) is 0 Å². The molecule has 1 atom stereocenters. The van der Waals surface area contributed by atoms with Crippen molar-refractivity contribution in [1.82, 2.24) is 9.97 Å². The summed E-state index contributed by atoms with van der Waals surface area (Å²) in [5, 5.41) is 13.4. The molecule has 0 fully saturated rings. The fourth-order valence-corrected chi connectivity index (χ4v) is 2.93. The van der Waals surface area contributed by atoms with E-state index in [1.165, 1.54) is 0 Å². The number of hydrogen-bond acceptors (Lipinski definition) is 5. The summed E-state index contributed by atoms with van der Waals surface area (Å²) in [6.07, 6.45) is 1.84. The Morgan fingerprint density at radius 3 is 3.05 bits per heavy atom. The van der Waals surface area contributed by atoms with Crippen molar-refractivity contribution in [3.63, 3.8) is 0 Å². The third kappa shape index (κ3) is 3.04. The number of aryl methyl sites for hydroxylation is 1. The Balaban J connectivity index is 1.80. The molecule has 1 aromatic carbocycles. The van der Waals surface area contributed by atoms with Gasteiger partial charge in [0, 0.05) is 18.4 Å². The molecule has 0 amide bonds. The van der Waals surface area contributed by atoms with Crippen LogP contribution in [-0.2, 0) is 17.8 Å². The van der Waals surface area contributed by atoms with E-state index in [0.717, 1.165) is 35.5 Å². The Morgan fingerprint density at radius 2 is 2.23 bits per heavy atom. The van der Waals surface area contributed by atoms with E-state index >= 15 is 0 Å². The highest BCUT2D eigenvalue weighted by molar-refractivity contribution is 5.48. The maximum absolute atomic E-state index is 9.93. The molecule has 1 unspecified atom stereocenters. The average Bonchev–Trinajstić information content (AvgIpc) is 2.89. The second-order valence-corrected chi connectivity index (χ2v) is 5.53. The first-order valence-corrected chi connectivity index (χ1v) is 7.67. The van der Waals surface area contributed by atoms with Gasteiger partial charge in [0.1, 0.15) is 18.2 Å². The first kappa shape index (κ1) is 14.8. The number of nitrogens with zero attached hydrogens (tertiary/aromatic N) is 2. The van der Waals surface area contributed by atoms with Crippen LogP contribution in [0, 0.1) is 6.92 Å². The lowest BCUT2D eigenvalue weighted by Gasteiger charge is -2.16. The quantitative estimate of drug-likeness (QED) is 0.888. The largest absolute Gasteiger partial charge is 0.508 e. The summed E-state index contributed by atoms with van der Waals surface area (Å²) in [5.41, 5.74) is 3.12. The maximum Gasteiger partial charge on any atom is 0.156 e. The van der Waals surface area contributed by atoms with Gasteiger partial charge in [-0.05, 0) is 43.9 Å². The van der Waals surface area contributed by atoms with Gasteiger partial charge >= 0.3 is 0 Å². The summed E-state index contributed by atoms with van der Waals surface area (Å²) < 4.78 is 5.39. The van der Waals surface area contributed by atoms with Gasteiger partial charge in [0.25, 0.3) is 0 Å². The van der Waals surface area contributed by atoms with Crippen LogP contribution in [0.4, 0.5) is 5.82 Å². The molecule has 5 nitrogen and oxygen atoms in total. The summed E-state index contributed by atoms with van der Waals surface area (Å²) >= 11 is 0. The number of aromatic nitrogens is 2. The minimum absolute atomic E-state index is 0.177. The van der Waals surface area contributed by atoms with Crippen molar-refractivity contribution >= 4 is 5.82 Å². The van der Waals surface area contributed by atoms with Gasteiger partial charge in [0.05, 0.1) is 6.04 Å². The molecule has 0 spiro atoms. The Labute approximate surface area is 130 Å². The molecule has 22 heavy (non-hydrogen) atoms. The first-order valence-electron chi connectivity index (χ1n) is 7.67. The Morgan fingerprint density at radius 1 is 1.36 bits per heavy atom. The number of rotatable bonds is 5. The SMILES string of the molecule is CCOCc1nc(C)cc(NC2CCc3c(O)cccc32)n1. The van der Waals surface area contributed by atoms with Crippen molar-refractivity contribution in [2.24, 2.45) is 0 Å². The number of hydrogen-bond donors (Lipinski definition) is 2. The number of anilines is 1. The predicted octanol–water partition coefficient (Wildman–Crippen LogP) is 3.13. The van der Waals surface area contributed by atoms with Crippen molar-refractivity contribution in [3.8, 4) is 5.75 Å². The molecule has 5 heteroatoms. The number of ether oxygens (including phenoxy) is 1. The number of nitrogens with one attached hydrogen (secondary N) is 1. The molecular formula is C17H21N3O2. The van der Waals surface area contributed by atoms with Crippen molar-refractivity contribution in [2.45, 2.75) is 39.3 Å². The number of benzene rings is 1.